The minimum absolute atomic E-state index is 0.520. The van der Waals surface area contributed by atoms with Gasteiger partial charge in [-0.2, -0.15) is 0 Å². The highest BCUT2D eigenvalue weighted by Crippen LogP contribution is 2.39. The Morgan fingerprint density at radius 2 is 1.60 bits per heavy atom. The van der Waals surface area contributed by atoms with Crippen LogP contribution in [0.4, 0.5) is 0 Å². The second-order valence-electron chi connectivity index (χ2n) is 5.86. The van der Waals surface area contributed by atoms with Crippen molar-refractivity contribution in [3.8, 4) is 0 Å². The van der Waals surface area contributed by atoms with E-state index in [1.54, 1.807) is 34.6 Å². The van der Waals surface area contributed by atoms with E-state index in [4.69, 9.17) is 7.48 Å². The van der Waals surface area contributed by atoms with Crippen molar-refractivity contribution in [3.05, 3.63) is 0 Å². The topological polar surface area (TPSA) is 46.5 Å². The average molecular weight is 218 g/mol. The number of hydrogen-bond acceptors (Lipinski definition) is 3. The van der Waals surface area contributed by atoms with E-state index in [9.17, 15) is 9.90 Å². The Bertz CT molecular complexity index is 296. The van der Waals surface area contributed by atoms with Crippen molar-refractivity contribution < 1.29 is 17.4 Å². The molecule has 0 spiro atoms. The molecule has 0 amide bonds. The van der Waals surface area contributed by atoms with Crippen molar-refractivity contribution in [3.63, 3.8) is 0 Å². The van der Waals surface area contributed by atoms with Crippen LogP contribution in [0.25, 0.3) is 0 Å². The zero-order valence-electron chi connectivity index (χ0n) is 12.8. The molecule has 15 heavy (non-hydrogen) atoms. The molecule has 0 aromatic rings. The molecule has 0 rings (SSSR count). The molecule has 0 heterocycles. The van der Waals surface area contributed by atoms with Gasteiger partial charge in [0.25, 0.3) is 0 Å². The Morgan fingerprint density at radius 1 is 1.20 bits per heavy atom. The van der Waals surface area contributed by atoms with Crippen molar-refractivity contribution in [1.82, 2.24) is 0 Å². The normalized spacial score (nSPS) is 16.8. The van der Waals surface area contributed by atoms with Gasteiger partial charge in [0.1, 0.15) is 5.60 Å². The first kappa shape index (κ1) is 10.9. The Hall–Kier alpha value is -0.570. The Labute approximate surface area is 95.6 Å². The zero-order valence-corrected chi connectivity index (χ0v) is 10.8. The van der Waals surface area contributed by atoms with Gasteiger partial charge in [-0.3, -0.25) is 4.79 Å². The third kappa shape index (κ3) is 3.49. The van der Waals surface area contributed by atoms with Crippen molar-refractivity contribution in [2.24, 2.45) is 10.8 Å². The molecule has 0 atom stereocenters. The number of ether oxygens (including phenoxy) is 1. The quantitative estimate of drug-likeness (QED) is 0.740. The van der Waals surface area contributed by atoms with Gasteiger partial charge in [-0.15, -0.1) is 0 Å². The second kappa shape index (κ2) is 4.12. The van der Waals surface area contributed by atoms with Crippen LogP contribution in [0.2, 0.25) is 0 Å². The minimum Gasteiger partial charge on any atom is -0.460 e. The van der Waals surface area contributed by atoms with Gasteiger partial charge >= 0.3 is 5.97 Å². The first-order valence-corrected chi connectivity index (χ1v) is 5.09. The summed E-state index contributed by atoms with van der Waals surface area (Å²) in [6.07, 6.45) is 0. The van der Waals surface area contributed by atoms with Gasteiger partial charge in [-0.25, -0.2) is 0 Å². The lowest BCUT2D eigenvalue weighted by Crippen LogP contribution is -2.45. The fourth-order valence-electron chi connectivity index (χ4n) is 0.801. The van der Waals surface area contributed by atoms with Crippen molar-refractivity contribution >= 4 is 5.97 Å². The predicted octanol–water partition coefficient (Wildman–Crippen LogP) is 2.37. The Morgan fingerprint density at radius 3 is 1.87 bits per heavy atom. The molecule has 0 aliphatic rings. The summed E-state index contributed by atoms with van der Waals surface area (Å²) in [5, 5.41) is 9.55. The van der Waals surface area contributed by atoms with E-state index in [1.807, 2.05) is 0 Å². The molecule has 0 aromatic heterocycles. The molecule has 90 valence electrons. The molecule has 1 N–H and O–H groups in total. The molecule has 0 aliphatic heterocycles. The Balaban J connectivity index is 5.22. The zero-order chi connectivity index (χ0) is 14.3. The largest absolute Gasteiger partial charge is 0.460 e. The number of carbonyl (C=O) groups is 1. The van der Waals surface area contributed by atoms with E-state index in [0.29, 0.717) is 0 Å². The van der Waals surface area contributed by atoms with Gasteiger partial charge in [0.2, 0.25) is 0 Å². The molecule has 3 heteroatoms. The van der Waals surface area contributed by atoms with Gasteiger partial charge in [0.05, 0.1) is 8.16 Å². The molecule has 0 radical (unpaired) electrons. The van der Waals surface area contributed by atoms with Gasteiger partial charge in [0, 0.05) is 12.0 Å². The van der Waals surface area contributed by atoms with Crippen molar-refractivity contribution in [1.29, 1.82) is 0 Å². The second-order valence-corrected chi connectivity index (χ2v) is 5.86. The third-order valence-electron chi connectivity index (χ3n) is 2.75. The highest BCUT2D eigenvalue weighted by molar-refractivity contribution is 5.77. The molecule has 0 bridgehead atoms. The number of hydrogen-bond donors (Lipinski definition) is 1. The van der Waals surface area contributed by atoms with Crippen LogP contribution in [0.5, 0.6) is 0 Å². The molecule has 0 aliphatic carbocycles. The van der Waals surface area contributed by atoms with E-state index in [-0.39, 0.29) is 0 Å². The Kier molecular flexibility index (Phi) is 3.01. The molecule has 3 nitrogen and oxygen atoms in total. The van der Waals surface area contributed by atoms with E-state index in [1.165, 1.54) is 13.8 Å². The van der Waals surface area contributed by atoms with Gasteiger partial charge in [0.15, 0.2) is 0 Å². The van der Waals surface area contributed by atoms with Crippen LogP contribution >= 0.6 is 0 Å². The van der Waals surface area contributed by atoms with Gasteiger partial charge in [-0.05, 0) is 34.6 Å². The van der Waals surface area contributed by atoms with Crippen LogP contribution in [0.15, 0.2) is 0 Å². The van der Waals surface area contributed by atoms with E-state index in [2.05, 4.69) is 0 Å². The number of rotatable bonds is 3. The van der Waals surface area contributed by atoms with Crippen molar-refractivity contribution in [2.45, 2.75) is 54.1 Å². The smallest absolute Gasteiger partial charge is 0.312 e. The van der Waals surface area contributed by atoms with E-state index < -0.39 is 29.0 Å². The van der Waals surface area contributed by atoms with Gasteiger partial charge in [-0.1, -0.05) is 13.8 Å². The SMILES string of the molecule is [2H]C([2H])(O)C(C)(C)C(C)(C)C(=O)OC(C)(C)C. The fourth-order valence-corrected chi connectivity index (χ4v) is 0.801. The lowest BCUT2D eigenvalue weighted by atomic mass is 9.68. The summed E-state index contributed by atoms with van der Waals surface area (Å²) >= 11 is 0. The van der Waals surface area contributed by atoms with Crippen LogP contribution in [-0.4, -0.2) is 23.2 Å². The van der Waals surface area contributed by atoms with Crippen molar-refractivity contribution in [2.75, 3.05) is 6.56 Å². The summed E-state index contributed by atoms with van der Waals surface area (Å²) in [5.41, 5.74) is -3.03. The first-order valence-electron chi connectivity index (χ1n) is 6.09. The van der Waals surface area contributed by atoms with Crippen LogP contribution < -0.4 is 0 Å². The summed E-state index contributed by atoms with van der Waals surface area (Å²) in [6.45, 7) is 8.97. The number of carbonyl (C=O) groups excluding carboxylic acids is 1. The molecule has 0 saturated carbocycles. The van der Waals surface area contributed by atoms with Crippen LogP contribution in [0.1, 0.15) is 51.2 Å². The molecule has 0 fully saturated rings. The molecule has 0 aromatic carbocycles. The summed E-state index contributed by atoms with van der Waals surface area (Å²) in [5.74, 6) is -0.520. The maximum Gasteiger partial charge on any atom is 0.312 e. The van der Waals surface area contributed by atoms with Crippen LogP contribution in [-0.2, 0) is 9.53 Å². The molecular formula is C12H24O3. The molecule has 0 unspecified atom stereocenters. The predicted molar refractivity (Wildman–Crippen MR) is 60.5 cm³/mol. The fraction of sp³-hybridized carbons (Fsp3) is 0.917. The highest BCUT2D eigenvalue weighted by Gasteiger charge is 2.45. The average Bonchev–Trinajstić information content (AvgIpc) is 1.97. The summed E-state index contributed by atoms with van der Waals surface area (Å²) in [6, 6.07) is 0. The lowest BCUT2D eigenvalue weighted by Gasteiger charge is -2.39. The van der Waals surface area contributed by atoms with Gasteiger partial charge < -0.3 is 9.84 Å². The molecular weight excluding hydrogens is 192 g/mol. The standard InChI is InChI=1S/C12H24O3/c1-10(2,3)15-9(14)12(6,7)11(4,5)8-13/h13H,8H2,1-7H3/i8D2. The van der Waals surface area contributed by atoms with Crippen LogP contribution in [0.3, 0.4) is 0 Å². The monoisotopic (exact) mass is 218 g/mol. The number of aliphatic hydroxyl groups is 1. The first-order chi connectivity index (χ1) is 7.13. The lowest BCUT2D eigenvalue weighted by molar-refractivity contribution is -0.174. The maximum atomic E-state index is 12.1. The summed E-state index contributed by atoms with van der Waals surface area (Å²) in [4.78, 5) is 12.1. The maximum absolute atomic E-state index is 12.1. The number of esters is 1. The van der Waals surface area contributed by atoms with E-state index >= 15 is 0 Å². The highest BCUT2D eigenvalue weighted by atomic mass is 16.6. The minimum atomic E-state index is -2.46. The van der Waals surface area contributed by atoms with Crippen LogP contribution in [0, 0.1) is 10.8 Å². The third-order valence-corrected chi connectivity index (χ3v) is 2.75. The van der Waals surface area contributed by atoms with E-state index in [0.717, 1.165) is 0 Å². The summed E-state index contributed by atoms with van der Waals surface area (Å²) in [7, 11) is 0. The summed E-state index contributed by atoms with van der Waals surface area (Å²) < 4.78 is 20.1. The molecule has 0 saturated heterocycles.